The minimum absolute atomic E-state index is 0.263. The molecule has 2 heterocycles. The van der Waals surface area contributed by atoms with Crippen molar-refractivity contribution in [3.8, 4) is 44.5 Å². The summed E-state index contributed by atoms with van der Waals surface area (Å²) in [5.74, 6) is 0. The molecule has 11 aromatic rings. The second kappa shape index (κ2) is 15.8. The summed E-state index contributed by atoms with van der Waals surface area (Å²) in [7, 11) is 4.46. The molecule has 2 nitrogen and oxygen atoms in total. The van der Waals surface area contributed by atoms with Gasteiger partial charge in [-0.2, -0.15) is 0 Å². The highest BCUT2D eigenvalue weighted by atomic mass is 15.1. The highest BCUT2D eigenvalue weighted by Crippen LogP contribution is 2.61. The van der Waals surface area contributed by atoms with Gasteiger partial charge in [-0.15, -0.1) is 0 Å². The minimum Gasteiger partial charge on any atom is -0.344 e. The Balaban J connectivity index is 1.12. The second-order valence-electron chi connectivity index (χ2n) is 21.6. The van der Waals surface area contributed by atoms with Crippen molar-refractivity contribution in [1.29, 1.82) is 0 Å². The van der Waals surface area contributed by atoms with Gasteiger partial charge in [0.2, 0.25) is 0 Å². The number of nitrogens with zero attached hydrogens (tertiary/aromatic N) is 2. The number of rotatable bonds is 5. The molecule has 1 aliphatic carbocycles. The van der Waals surface area contributed by atoms with E-state index in [1.54, 1.807) is 0 Å². The molecule has 0 bridgehead atoms. The van der Waals surface area contributed by atoms with Crippen LogP contribution in [0.4, 0.5) is 22.7 Å². The van der Waals surface area contributed by atoms with Crippen LogP contribution in [0.3, 0.4) is 0 Å². The van der Waals surface area contributed by atoms with Gasteiger partial charge >= 0.3 is 0 Å². The van der Waals surface area contributed by atoms with Gasteiger partial charge in [0.25, 0.3) is 0 Å². The van der Waals surface area contributed by atoms with Crippen molar-refractivity contribution in [3.05, 3.63) is 275 Å². The molecule has 14 rings (SSSR count). The molecule has 0 amide bonds. The maximum absolute atomic E-state index is 2.55. The van der Waals surface area contributed by atoms with Gasteiger partial charge in [0, 0.05) is 47.7 Å². The van der Waals surface area contributed by atoms with Crippen molar-refractivity contribution >= 4 is 44.3 Å². The summed E-state index contributed by atoms with van der Waals surface area (Å²) in [5, 5.41) is 4.98. The van der Waals surface area contributed by atoms with Gasteiger partial charge in [-0.25, -0.2) is 0 Å². The molecular weight excluding hydrogens is 881 g/mol. The van der Waals surface area contributed by atoms with Crippen LogP contribution >= 0.6 is 0 Å². The molecule has 2 aliphatic heterocycles. The summed E-state index contributed by atoms with van der Waals surface area (Å²) < 4.78 is 0. The van der Waals surface area contributed by atoms with Gasteiger partial charge in [0.05, 0.1) is 5.41 Å². The van der Waals surface area contributed by atoms with E-state index in [1.165, 1.54) is 133 Å². The van der Waals surface area contributed by atoms with E-state index in [4.69, 9.17) is 0 Å². The van der Waals surface area contributed by atoms with E-state index in [-0.39, 0.29) is 10.8 Å². The summed E-state index contributed by atoms with van der Waals surface area (Å²) in [6, 6.07) is 87.3. The number of para-hydroxylation sites is 2. The standard InChI is InChI=1S/C71H56N2/c1-69(2)58-37-15-17-40-61(58)72(5)63-42-22-33-51(67(63)69)47-29-19-31-49-55(47)44-56-48(52-34-23-43-64-68(52)70(3,4)59-38-16-18-41-62(59)73(64)6)30-20-32-50(56)65(49)54-35-21-39-60-66(54)53-28-13-14-36-57(53)71(60,45-24-9-7-10-25-45)46-26-11-8-12-27-46/h7-44H,1-6H3. The molecule has 0 aromatic heterocycles. The lowest BCUT2D eigenvalue weighted by Crippen LogP contribution is -2.31. The monoisotopic (exact) mass is 936 g/mol. The highest BCUT2D eigenvalue weighted by molar-refractivity contribution is 6.21. The zero-order valence-electron chi connectivity index (χ0n) is 42.3. The fourth-order valence-electron chi connectivity index (χ4n) is 14.1. The van der Waals surface area contributed by atoms with Crippen molar-refractivity contribution < 1.29 is 0 Å². The van der Waals surface area contributed by atoms with Crippen LogP contribution in [0.15, 0.2) is 231 Å². The fraction of sp³-hybridized carbons (Fsp3) is 0.127. The summed E-state index contributed by atoms with van der Waals surface area (Å²) in [6.45, 7) is 9.66. The van der Waals surface area contributed by atoms with Crippen LogP contribution in [0.25, 0.3) is 66.1 Å². The Morgan fingerprint density at radius 2 is 0.644 bits per heavy atom. The molecule has 2 heteroatoms. The topological polar surface area (TPSA) is 6.48 Å². The fourth-order valence-corrected chi connectivity index (χ4v) is 14.1. The number of fused-ring (bicyclic) bond motifs is 9. The van der Waals surface area contributed by atoms with E-state index in [2.05, 4.69) is 282 Å². The Hall–Kier alpha value is -8.46. The first kappa shape index (κ1) is 43.3. The Kier molecular flexibility index (Phi) is 9.36. The maximum atomic E-state index is 2.55. The molecule has 0 atom stereocenters. The van der Waals surface area contributed by atoms with Crippen LogP contribution in [-0.4, -0.2) is 14.1 Å². The van der Waals surface area contributed by atoms with E-state index in [1.807, 2.05) is 0 Å². The zero-order chi connectivity index (χ0) is 49.4. The van der Waals surface area contributed by atoms with E-state index >= 15 is 0 Å². The minimum atomic E-state index is -0.533. The molecule has 0 spiro atoms. The lowest BCUT2D eigenvalue weighted by Gasteiger charge is -2.42. The second-order valence-corrected chi connectivity index (χ2v) is 21.6. The SMILES string of the molecule is CN1c2ccccc2C(C)(C)c2c(-c3cccc4c(-c5cccc6c5-c5ccccc5C6(c5ccccc5)c5ccccc5)c5cccc(-c6cccc7c6C(C)(C)c6ccccc6N7C)c5cc34)cccc21. The van der Waals surface area contributed by atoms with Crippen molar-refractivity contribution in [2.24, 2.45) is 0 Å². The Morgan fingerprint density at radius 3 is 1.16 bits per heavy atom. The van der Waals surface area contributed by atoms with Crippen LogP contribution in [0.2, 0.25) is 0 Å². The van der Waals surface area contributed by atoms with Gasteiger partial charge in [-0.05, 0) is 141 Å². The van der Waals surface area contributed by atoms with Crippen LogP contribution in [0.5, 0.6) is 0 Å². The third kappa shape index (κ3) is 5.87. The average molecular weight is 937 g/mol. The quantitative estimate of drug-likeness (QED) is 0.159. The third-order valence-electron chi connectivity index (χ3n) is 17.3. The Bertz CT molecular complexity index is 3850. The lowest BCUT2D eigenvalue weighted by molar-refractivity contribution is 0.631. The van der Waals surface area contributed by atoms with E-state index in [0.717, 1.165) is 0 Å². The molecular formula is C71H56N2. The van der Waals surface area contributed by atoms with Crippen molar-refractivity contribution in [2.75, 3.05) is 23.9 Å². The number of hydrogen-bond acceptors (Lipinski definition) is 2. The number of hydrogen-bond donors (Lipinski definition) is 0. The first-order chi connectivity index (χ1) is 35.6. The van der Waals surface area contributed by atoms with E-state index < -0.39 is 5.41 Å². The Morgan fingerprint density at radius 1 is 0.274 bits per heavy atom. The van der Waals surface area contributed by atoms with Crippen LogP contribution in [-0.2, 0) is 16.2 Å². The molecule has 0 unspecified atom stereocenters. The van der Waals surface area contributed by atoms with Crippen molar-refractivity contribution in [1.82, 2.24) is 0 Å². The summed E-state index contributed by atoms with van der Waals surface area (Å²) in [6.07, 6.45) is 0. The Labute approximate surface area is 429 Å². The smallest absolute Gasteiger partial charge is 0.0713 e. The van der Waals surface area contributed by atoms with Crippen molar-refractivity contribution in [3.63, 3.8) is 0 Å². The first-order valence-corrected chi connectivity index (χ1v) is 25.9. The molecule has 11 aromatic carbocycles. The average Bonchev–Trinajstić information content (AvgIpc) is 3.74. The number of benzene rings is 11. The third-order valence-corrected chi connectivity index (χ3v) is 17.3. The zero-order valence-corrected chi connectivity index (χ0v) is 42.3. The summed E-state index contributed by atoms with van der Waals surface area (Å²) in [4.78, 5) is 4.80. The molecule has 73 heavy (non-hydrogen) atoms. The lowest BCUT2D eigenvalue weighted by atomic mass is 9.67. The molecule has 3 aliphatic rings. The van der Waals surface area contributed by atoms with Crippen LogP contribution < -0.4 is 9.80 Å². The van der Waals surface area contributed by atoms with Gasteiger partial charge in [-0.1, -0.05) is 228 Å². The summed E-state index contributed by atoms with van der Waals surface area (Å²) in [5.41, 5.74) is 24.6. The van der Waals surface area contributed by atoms with Gasteiger partial charge < -0.3 is 9.80 Å². The van der Waals surface area contributed by atoms with E-state index in [0.29, 0.717) is 0 Å². The molecule has 350 valence electrons. The van der Waals surface area contributed by atoms with E-state index in [9.17, 15) is 0 Å². The largest absolute Gasteiger partial charge is 0.344 e. The normalized spacial score (nSPS) is 15.3. The first-order valence-electron chi connectivity index (χ1n) is 25.9. The molecule has 0 radical (unpaired) electrons. The predicted molar refractivity (Wildman–Crippen MR) is 308 cm³/mol. The molecule has 0 N–H and O–H groups in total. The molecule has 0 saturated carbocycles. The van der Waals surface area contributed by atoms with Gasteiger partial charge in [0.1, 0.15) is 0 Å². The van der Waals surface area contributed by atoms with Gasteiger partial charge in [0.15, 0.2) is 0 Å². The summed E-state index contributed by atoms with van der Waals surface area (Å²) >= 11 is 0. The van der Waals surface area contributed by atoms with Crippen molar-refractivity contribution in [2.45, 2.75) is 43.9 Å². The molecule has 0 fully saturated rings. The highest BCUT2D eigenvalue weighted by Gasteiger charge is 2.47. The molecule has 0 saturated heterocycles. The van der Waals surface area contributed by atoms with Crippen LogP contribution in [0, 0.1) is 0 Å². The maximum Gasteiger partial charge on any atom is 0.0713 e. The van der Waals surface area contributed by atoms with Crippen LogP contribution in [0.1, 0.15) is 72.2 Å². The van der Waals surface area contributed by atoms with Gasteiger partial charge in [-0.3, -0.25) is 0 Å². The number of anilines is 4. The predicted octanol–water partition coefficient (Wildman–Crippen LogP) is 18.2.